The summed E-state index contributed by atoms with van der Waals surface area (Å²) < 4.78 is 0. The first kappa shape index (κ1) is 14.9. The number of carbonyl (C=O) groups is 1. The van der Waals surface area contributed by atoms with E-state index in [9.17, 15) is 14.9 Å². The van der Waals surface area contributed by atoms with Crippen molar-refractivity contribution < 1.29 is 9.72 Å². The lowest BCUT2D eigenvalue weighted by Crippen LogP contribution is -2.15. The molecule has 2 aromatic rings. The highest BCUT2D eigenvalue weighted by atomic mass is 32.1. The first-order chi connectivity index (χ1) is 9.92. The predicted octanol–water partition coefficient (Wildman–Crippen LogP) is 2.36. The van der Waals surface area contributed by atoms with Gasteiger partial charge in [-0.3, -0.25) is 20.2 Å². The summed E-state index contributed by atoms with van der Waals surface area (Å²) >= 11 is 1.34. The van der Waals surface area contributed by atoms with Crippen molar-refractivity contribution in [1.29, 1.82) is 0 Å². The summed E-state index contributed by atoms with van der Waals surface area (Å²) in [7, 11) is 1.59. The second kappa shape index (κ2) is 5.83. The van der Waals surface area contributed by atoms with Crippen LogP contribution >= 0.6 is 11.3 Å². The summed E-state index contributed by atoms with van der Waals surface area (Å²) in [6.07, 6.45) is 1.10. The molecule has 0 aliphatic heterocycles. The highest BCUT2D eigenvalue weighted by Gasteiger charge is 2.18. The minimum Gasteiger partial charge on any atom is -0.372 e. The molecule has 1 amide bonds. The number of nitrogens with one attached hydrogen (secondary N) is 2. The van der Waals surface area contributed by atoms with Gasteiger partial charge in [-0.25, -0.2) is 9.97 Å². The van der Waals surface area contributed by atoms with Crippen LogP contribution in [0.3, 0.4) is 0 Å². The Labute approximate surface area is 124 Å². The number of nitro groups is 1. The van der Waals surface area contributed by atoms with Gasteiger partial charge in [0.1, 0.15) is 12.0 Å². The van der Waals surface area contributed by atoms with Gasteiger partial charge in [-0.2, -0.15) is 0 Å². The molecule has 0 saturated carbocycles. The second-order valence-corrected chi connectivity index (χ2v) is 5.41. The molecule has 0 spiro atoms. The van der Waals surface area contributed by atoms with Crippen LogP contribution in [0, 0.1) is 24.0 Å². The molecule has 8 nitrogen and oxygen atoms in total. The van der Waals surface area contributed by atoms with E-state index < -0.39 is 10.8 Å². The highest BCUT2D eigenvalue weighted by Crippen LogP contribution is 2.24. The van der Waals surface area contributed by atoms with Crippen LogP contribution in [0.4, 0.5) is 16.6 Å². The molecule has 110 valence electrons. The fraction of sp³-hybridized carbons (Fsp3) is 0.250. The van der Waals surface area contributed by atoms with Gasteiger partial charge in [0.05, 0.1) is 16.2 Å². The Kier molecular flexibility index (Phi) is 4.13. The molecule has 2 heterocycles. The maximum Gasteiger partial charge on any atom is 0.288 e. The molecule has 0 radical (unpaired) electrons. The van der Waals surface area contributed by atoms with Crippen molar-refractivity contribution in [3.05, 3.63) is 38.5 Å². The van der Waals surface area contributed by atoms with Crippen LogP contribution in [0.15, 0.2) is 12.3 Å². The quantitative estimate of drug-likeness (QED) is 0.662. The molecule has 0 bridgehead atoms. The number of rotatable bonds is 4. The molecule has 0 aliphatic rings. The zero-order valence-corrected chi connectivity index (χ0v) is 12.4. The van der Waals surface area contributed by atoms with Crippen LogP contribution < -0.4 is 10.6 Å². The average Bonchev–Trinajstić information content (AvgIpc) is 2.76. The van der Waals surface area contributed by atoms with Crippen molar-refractivity contribution in [3.63, 3.8) is 0 Å². The Morgan fingerprint density at radius 3 is 2.67 bits per heavy atom. The Bertz CT molecular complexity index is 693. The number of amides is 1. The maximum atomic E-state index is 12.2. The largest absolute Gasteiger partial charge is 0.372 e. The van der Waals surface area contributed by atoms with Gasteiger partial charge < -0.3 is 5.32 Å². The fourth-order valence-electron chi connectivity index (χ4n) is 1.62. The Morgan fingerprint density at radius 2 is 2.14 bits per heavy atom. The van der Waals surface area contributed by atoms with Crippen molar-refractivity contribution >= 4 is 33.9 Å². The summed E-state index contributed by atoms with van der Waals surface area (Å²) in [6, 6.07) is 1.18. The van der Waals surface area contributed by atoms with E-state index in [1.54, 1.807) is 7.05 Å². The first-order valence-electron chi connectivity index (χ1n) is 6.00. The Hall–Kier alpha value is -2.55. The SMILES string of the molecule is CNc1ncc([N+](=O)[O-])cc1C(=O)Nc1nc(C)c(C)s1. The van der Waals surface area contributed by atoms with Gasteiger partial charge >= 0.3 is 0 Å². The maximum absolute atomic E-state index is 12.2. The van der Waals surface area contributed by atoms with Gasteiger partial charge in [0.2, 0.25) is 0 Å². The van der Waals surface area contributed by atoms with E-state index in [1.807, 2.05) is 13.8 Å². The third kappa shape index (κ3) is 3.14. The molecule has 2 aromatic heterocycles. The number of carbonyl (C=O) groups excluding carboxylic acids is 1. The van der Waals surface area contributed by atoms with E-state index in [2.05, 4.69) is 20.6 Å². The average molecular weight is 307 g/mol. The third-order valence-corrected chi connectivity index (χ3v) is 3.80. The number of hydrogen-bond donors (Lipinski definition) is 2. The molecule has 0 aliphatic carbocycles. The molecule has 0 saturated heterocycles. The first-order valence-corrected chi connectivity index (χ1v) is 6.81. The van der Waals surface area contributed by atoms with E-state index in [4.69, 9.17) is 0 Å². The molecule has 9 heteroatoms. The minimum atomic E-state index is -0.596. The summed E-state index contributed by atoms with van der Waals surface area (Å²) in [4.78, 5) is 31.5. The topological polar surface area (TPSA) is 110 Å². The Morgan fingerprint density at radius 1 is 1.43 bits per heavy atom. The standard InChI is InChI=1S/C12H13N5O3S/c1-6-7(2)21-12(15-6)16-11(18)9-4-8(17(19)20)5-14-10(9)13-3/h4-5H,1-3H3,(H,13,14)(H,15,16,18). The third-order valence-electron chi connectivity index (χ3n) is 2.81. The van der Waals surface area contributed by atoms with Crippen LogP contribution in [0.5, 0.6) is 0 Å². The van der Waals surface area contributed by atoms with Crippen molar-refractivity contribution in [2.45, 2.75) is 13.8 Å². The molecular weight excluding hydrogens is 294 g/mol. The number of aromatic nitrogens is 2. The summed E-state index contributed by atoms with van der Waals surface area (Å²) in [5.41, 5.74) is 0.684. The zero-order valence-electron chi connectivity index (χ0n) is 11.6. The van der Waals surface area contributed by atoms with Gasteiger partial charge in [-0.1, -0.05) is 0 Å². The molecule has 0 unspecified atom stereocenters. The zero-order chi connectivity index (χ0) is 15.6. The molecule has 0 atom stereocenters. The van der Waals surface area contributed by atoms with Crippen molar-refractivity contribution in [1.82, 2.24) is 9.97 Å². The molecule has 0 aromatic carbocycles. The molecular formula is C12H13N5O3S. The lowest BCUT2D eigenvalue weighted by molar-refractivity contribution is -0.385. The van der Waals surface area contributed by atoms with Gasteiger partial charge in [0, 0.05) is 18.0 Å². The van der Waals surface area contributed by atoms with Crippen LogP contribution in [0.25, 0.3) is 0 Å². The van der Waals surface area contributed by atoms with E-state index >= 15 is 0 Å². The number of hydrogen-bond acceptors (Lipinski definition) is 7. The fourth-order valence-corrected chi connectivity index (χ4v) is 2.43. The van der Waals surface area contributed by atoms with Crippen LogP contribution in [-0.4, -0.2) is 27.8 Å². The number of aryl methyl sites for hydroxylation is 2. The molecule has 21 heavy (non-hydrogen) atoms. The van der Waals surface area contributed by atoms with Gasteiger partial charge in [-0.15, -0.1) is 11.3 Å². The van der Waals surface area contributed by atoms with E-state index in [0.29, 0.717) is 5.13 Å². The van der Waals surface area contributed by atoms with E-state index in [-0.39, 0.29) is 17.1 Å². The normalized spacial score (nSPS) is 10.2. The van der Waals surface area contributed by atoms with Crippen LogP contribution in [-0.2, 0) is 0 Å². The molecule has 0 fully saturated rings. The predicted molar refractivity (Wildman–Crippen MR) is 80.0 cm³/mol. The number of anilines is 2. The minimum absolute atomic E-state index is 0.0946. The van der Waals surface area contributed by atoms with Gasteiger partial charge in [0.15, 0.2) is 5.13 Å². The Balaban J connectivity index is 2.33. The number of thiazole rings is 1. The summed E-state index contributed by atoms with van der Waals surface area (Å²) in [5.74, 6) is -0.229. The van der Waals surface area contributed by atoms with Crippen LogP contribution in [0.2, 0.25) is 0 Å². The molecule has 2 N–H and O–H groups in total. The smallest absolute Gasteiger partial charge is 0.288 e. The monoisotopic (exact) mass is 307 g/mol. The number of pyridine rings is 1. The van der Waals surface area contributed by atoms with Gasteiger partial charge in [0.25, 0.3) is 11.6 Å². The van der Waals surface area contributed by atoms with Crippen molar-refractivity contribution in [2.24, 2.45) is 0 Å². The highest BCUT2D eigenvalue weighted by molar-refractivity contribution is 7.15. The van der Waals surface area contributed by atoms with E-state index in [1.165, 1.54) is 17.4 Å². The lowest BCUT2D eigenvalue weighted by Gasteiger charge is -2.07. The summed E-state index contributed by atoms with van der Waals surface area (Å²) in [5, 5.41) is 16.6. The van der Waals surface area contributed by atoms with E-state index in [0.717, 1.165) is 16.8 Å². The summed E-state index contributed by atoms with van der Waals surface area (Å²) in [6.45, 7) is 3.74. The second-order valence-electron chi connectivity index (χ2n) is 4.21. The van der Waals surface area contributed by atoms with Gasteiger partial charge in [-0.05, 0) is 13.8 Å². The lowest BCUT2D eigenvalue weighted by atomic mass is 10.2. The van der Waals surface area contributed by atoms with Crippen molar-refractivity contribution in [2.75, 3.05) is 17.7 Å². The van der Waals surface area contributed by atoms with Crippen molar-refractivity contribution in [3.8, 4) is 0 Å². The molecule has 2 rings (SSSR count). The van der Waals surface area contributed by atoms with Crippen LogP contribution in [0.1, 0.15) is 20.9 Å². The number of nitrogens with zero attached hydrogens (tertiary/aromatic N) is 3.